The van der Waals surface area contributed by atoms with Crippen LogP contribution in [0.5, 0.6) is 5.75 Å². The first-order valence-electron chi connectivity index (χ1n) is 8.09. The first kappa shape index (κ1) is 18.5. The Labute approximate surface area is 134 Å². The van der Waals surface area contributed by atoms with Crippen LogP contribution >= 0.6 is 0 Å². The van der Waals surface area contributed by atoms with E-state index in [0.29, 0.717) is 25.0 Å². The van der Waals surface area contributed by atoms with Gasteiger partial charge in [-0.1, -0.05) is 12.1 Å². The summed E-state index contributed by atoms with van der Waals surface area (Å²) in [6.07, 6.45) is 1.28. The number of methoxy groups -OCH3 is 1. The van der Waals surface area contributed by atoms with Crippen LogP contribution in [0.2, 0.25) is 0 Å². The molecule has 1 aromatic carbocycles. The average molecular weight is 306 g/mol. The zero-order valence-electron chi connectivity index (χ0n) is 14.6. The number of nitrogens with one attached hydrogen (secondary N) is 1. The second-order valence-electron chi connectivity index (χ2n) is 6.12. The van der Waals surface area contributed by atoms with E-state index in [0.717, 1.165) is 24.3 Å². The van der Waals surface area contributed by atoms with Gasteiger partial charge in [-0.2, -0.15) is 0 Å². The third-order valence-corrected chi connectivity index (χ3v) is 3.82. The smallest absolute Gasteiger partial charge is 0.220 e. The molecular weight excluding hydrogens is 276 g/mol. The molecule has 0 fully saturated rings. The van der Waals surface area contributed by atoms with Crippen LogP contribution in [0.1, 0.15) is 39.7 Å². The van der Waals surface area contributed by atoms with Crippen molar-refractivity contribution in [3.8, 4) is 5.75 Å². The number of ether oxygens (including phenoxy) is 1. The molecular formula is C18H30N2O2. The highest BCUT2D eigenvalue weighted by Crippen LogP contribution is 2.12. The summed E-state index contributed by atoms with van der Waals surface area (Å²) in [5.74, 6) is 0.957. The number of benzene rings is 1. The maximum absolute atomic E-state index is 11.9. The van der Waals surface area contributed by atoms with Gasteiger partial charge in [0.25, 0.3) is 0 Å². The fourth-order valence-electron chi connectivity index (χ4n) is 2.58. The first-order chi connectivity index (χ1) is 10.4. The SMILES string of the molecule is COc1ccc(CCC(=O)NCCN(C(C)C)C(C)C)cc1. The summed E-state index contributed by atoms with van der Waals surface area (Å²) in [6, 6.07) is 8.86. The molecule has 0 saturated carbocycles. The van der Waals surface area contributed by atoms with Crippen LogP contribution in [0.3, 0.4) is 0 Å². The van der Waals surface area contributed by atoms with E-state index in [1.54, 1.807) is 7.11 Å². The third-order valence-electron chi connectivity index (χ3n) is 3.82. The number of rotatable bonds is 9. The molecule has 0 bridgehead atoms. The lowest BCUT2D eigenvalue weighted by atomic mass is 10.1. The standard InChI is InChI=1S/C18H30N2O2/c1-14(2)20(15(3)4)13-12-19-18(21)11-8-16-6-9-17(22-5)10-7-16/h6-7,9-10,14-15H,8,11-13H2,1-5H3,(H,19,21). The van der Waals surface area contributed by atoms with E-state index < -0.39 is 0 Å². The van der Waals surface area contributed by atoms with Gasteiger partial charge in [0.15, 0.2) is 0 Å². The van der Waals surface area contributed by atoms with Crippen molar-refractivity contribution in [3.05, 3.63) is 29.8 Å². The van der Waals surface area contributed by atoms with Gasteiger partial charge in [-0.05, 0) is 51.8 Å². The molecule has 0 radical (unpaired) electrons. The number of nitrogens with zero attached hydrogens (tertiary/aromatic N) is 1. The van der Waals surface area contributed by atoms with Gasteiger partial charge in [0, 0.05) is 31.6 Å². The first-order valence-corrected chi connectivity index (χ1v) is 8.09. The normalized spacial score (nSPS) is 11.3. The van der Waals surface area contributed by atoms with Gasteiger partial charge in [-0.25, -0.2) is 0 Å². The monoisotopic (exact) mass is 306 g/mol. The molecule has 1 N–H and O–H groups in total. The van der Waals surface area contributed by atoms with Crippen LogP contribution < -0.4 is 10.1 Å². The zero-order valence-corrected chi connectivity index (χ0v) is 14.6. The number of hydrogen-bond donors (Lipinski definition) is 1. The topological polar surface area (TPSA) is 41.6 Å². The number of carbonyl (C=O) groups is 1. The second-order valence-corrected chi connectivity index (χ2v) is 6.12. The molecule has 0 aliphatic heterocycles. The van der Waals surface area contributed by atoms with E-state index in [4.69, 9.17) is 4.74 Å². The summed E-state index contributed by atoms with van der Waals surface area (Å²) >= 11 is 0. The van der Waals surface area contributed by atoms with E-state index in [2.05, 4.69) is 37.9 Å². The predicted molar refractivity (Wildman–Crippen MR) is 91.3 cm³/mol. The largest absolute Gasteiger partial charge is 0.497 e. The van der Waals surface area contributed by atoms with Crippen LogP contribution in [-0.2, 0) is 11.2 Å². The molecule has 4 heteroatoms. The Morgan fingerprint density at radius 3 is 2.23 bits per heavy atom. The lowest BCUT2D eigenvalue weighted by molar-refractivity contribution is -0.121. The molecule has 0 spiro atoms. The number of carbonyl (C=O) groups excluding carboxylic acids is 1. The highest BCUT2D eigenvalue weighted by atomic mass is 16.5. The molecule has 0 atom stereocenters. The lowest BCUT2D eigenvalue weighted by Gasteiger charge is -2.30. The number of aryl methyl sites for hydroxylation is 1. The minimum Gasteiger partial charge on any atom is -0.497 e. The molecule has 1 aromatic rings. The minimum absolute atomic E-state index is 0.114. The van der Waals surface area contributed by atoms with Gasteiger partial charge in [0.2, 0.25) is 5.91 Å². The Bertz CT molecular complexity index is 433. The quantitative estimate of drug-likeness (QED) is 0.763. The molecule has 0 aliphatic carbocycles. The molecule has 0 saturated heterocycles. The number of hydrogen-bond acceptors (Lipinski definition) is 3. The molecule has 0 heterocycles. The summed E-state index contributed by atoms with van der Waals surface area (Å²) < 4.78 is 5.12. The Kier molecular flexibility index (Phi) is 7.96. The average Bonchev–Trinajstić information content (AvgIpc) is 2.49. The highest BCUT2D eigenvalue weighted by molar-refractivity contribution is 5.76. The van der Waals surface area contributed by atoms with E-state index >= 15 is 0 Å². The Morgan fingerprint density at radius 1 is 1.14 bits per heavy atom. The van der Waals surface area contributed by atoms with Crippen molar-refractivity contribution in [1.29, 1.82) is 0 Å². The highest BCUT2D eigenvalue weighted by Gasteiger charge is 2.12. The lowest BCUT2D eigenvalue weighted by Crippen LogP contribution is -2.42. The third kappa shape index (κ3) is 6.48. The fourth-order valence-corrected chi connectivity index (χ4v) is 2.58. The van der Waals surface area contributed by atoms with Crippen LogP contribution in [0.15, 0.2) is 24.3 Å². The molecule has 124 valence electrons. The van der Waals surface area contributed by atoms with Crippen molar-refractivity contribution < 1.29 is 9.53 Å². The van der Waals surface area contributed by atoms with E-state index in [1.165, 1.54) is 0 Å². The summed E-state index contributed by atoms with van der Waals surface area (Å²) in [4.78, 5) is 14.3. The van der Waals surface area contributed by atoms with Gasteiger partial charge in [0.1, 0.15) is 5.75 Å². The van der Waals surface area contributed by atoms with E-state index in [1.807, 2.05) is 24.3 Å². The molecule has 0 aliphatic rings. The van der Waals surface area contributed by atoms with Gasteiger partial charge in [-0.3, -0.25) is 9.69 Å². The van der Waals surface area contributed by atoms with Gasteiger partial charge in [0.05, 0.1) is 7.11 Å². The Hall–Kier alpha value is -1.55. The fraction of sp³-hybridized carbons (Fsp3) is 0.611. The van der Waals surface area contributed by atoms with Crippen LogP contribution in [0.25, 0.3) is 0 Å². The summed E-state index contributed by atoms with van der Waals surface area (Å²) in [6.45, 7) is 10.3. The van der Waals surface area contributed by atoms with Crippen molar-refractivity contribution in [2.75, 3.05) is 20.2 Å². The van der Waals surface area contributed by atoms with Crippen molar-refractivity contribution >= 4 is 5.91 Å². The minimum atomic E-state index is 0.114. The van der Waals surface area contributed by atoms with Crippen molar-refractivity contribution in [1.82, 2.24) is 10.2 Å². The molecule has 1 rings (SSSR count). The molecule has 0 aromatic heterocycles. The molecule has 22 heavy (non-hydrogen) atoms. The molecule has 1 amide bonds. The van der Waals surface area contributed by atoms with Crippen molar-refractivity contribution in [2.45, 2.75) is 52.6 Å². The Balaban J connectivity index is 2.28. The maximum atomic E-state index is 11.9. The van der Waals surface area contributed by atoms with Crippen LogP contribution in [0.4, 0.5) is 0 Å². The summed E-state index contributed by atoms with van der Waals surface area (Å²) in [5, 5.41) is 3.01. The Morgan fingerprint density at radius 2 is 1.73 bits per heavy atom. The van der Waals surface area contributed by atoms with Crippen molar-refractivity contribution in [3.63, 3.8) is 0 Å². The number of amides is 1. The van der Waals surface area contributed by atoms with Gasteiger partial charge < -0.3 is 10.1 Å². The van der Waals surface area contributed by atoms with Crippen LogP contribution in [-0.4, -0.2) is 43.1 Å². The van der Waals surface area contributed by atoms with Crippen molar-refractivity contribution in [2.24, 2.45) is 0 Å². The summed E-state index contributed by atoms with van der Waals surface area (Å²) in [5.41, 5.74) is 1.15. The van der Waals surface area contributed by atoms with Crippen LogP contribution in [0, 0.1) is 0 Å². The van der Waals surface area contributed by atoms with E-state index in [9.17, 15) is 4.79 Å². The molecule has 4 nitrogen and oxygen atoms in total. The summed E-state index contributed by atoms with van der Waals surface area (Å²) in [7, 11) is 1.65. The van der Waals surface area contributed by atoms with Gasteiger partial charge >= 0.3 is 0 Å². The maximum Gasteiger partial charge on any atom is 0.220 e. The zero-order chi connectivity index (χ0) is 16.5. The van der Waals surface area contributed by atoms with E-state index in [-0.39, 0.29) is 5.91 Å². The predicted octanol–water partition coefficient (Wildman–Crippen LogP) is 2.86. The second kappa shape index (κ2) is 9.46. The van der Waals surface area contributed by atoms with Gasteiger partial charge in [-0.15, -0.1) is 0 Å². The molecule has 0 unspecified atom stereocenters.